The summed E-state index contributed by atoms with van der Waals surface area (Å²) in [5.41, 5.74) is 0.792. The SMILES string of the molecule is C=C1N2C(=O)C(NC(=O)C(Oc3ccccc3Cl)c3ccccc3)[C@H]2SC1(C)C(=O)O. The molecule has 2 aliphatic heterocycles. The fraction of sp³-hybridized carbons (Fsp3) is 0.227. The summed E-state index contributed by atoms with van der Waals surface area (Å²) in [4.78, 5) is 38.8. The standard InChI is InChI=1S/C22H19ClN2O5S/c1-12-22(2,21(28)29)31-20-16(19(27)25(12)20)24-18(26)17(13-8-4-3-5-9-13)30-15-11-7-6-10-14(15)23/h3-11,16-17,20H,1H2,2H3,(H,24,26)(H,28,29)/t16?,17?,20-,22?/m1/s1. The molecule has 2 saturated heterocycles. The molecule has 2 amide bonds. The lowest BCUT2D eigenvalue weighted by Crippen LogP contribution is -2.67. The van der Waals surface area contributed by atoms with Crippen LogP contribution < -0.4 is 10.1 Å². The molecule has 0 aromatic heterocycles. The third-order valence-corrected chi connectivity index (χ3v) is 7.29. The Kier molecular flexibility index (Phi) is 5.45. The number of amides is 2. The summed E-state index contributed by atoms with van der Waals surface area (Å²) in [6.45, 7) is 5.28. The quantitative estimate of drug-likeness (QED) is 0.645. The fourth-order valence-corrected chi connectivity index (χ4v) is 5.17. The topological polar surface area (TPSA) is 95.9 Å². The van der Waals surface area contributed by atoms with Crippen LogP contribution in [0.5, 0.6) is 5.75 Å². The van der Waals surface area contributed by atoms with Crippen molar-refractivity contribution in [3.05, 3.63) is 77.5 Å². The van der Waals surface area contributed by atoms with Gasteiger partial charge in [0.1, 0.15) is 17.2 Å². The lowest BCUT2D eigenvalue weighted by molar-refractivity contribution is -0.147. The van der Waals surface area contributed by atoms with E-state index in [0.29, 0.717) is 16.3 Å². The van der Waals surface area contributed by atoms with Gasteiger partial charge in [0, 0.05) is 11.3 Å². The van der Waals surface area contributed by atoms with Gasteiger partial charge in [0.2, 0.25) is 6.10 Å². The fourth-order valence-electron chi connectivity index (χ4n) is 3.51. The van der Waals surface area contributed by atoms with Crippen LogP contribution in [0, 0.1) is 0 Å². The van der Waals surface area contributed by atoms with Crippen LogP contribution in [0.15, 0.2) is 66.9 Å². The number of ether oxygens (including phenoxy) is 1. The highest BCUT2D eigenvalue weighted by molar-refractivity contribution is 8.02. The molecule has 2 heterocycles. The number of nitrogens with one attached hydrogen (secondary N) is 1. The first-order valence-electron chi connectivity index (χ1n) is 9.44. The van der Waals surface area contributed by atoms with Gasteiger partial charge in [0.15, 0.2) is 4.75 Å². The Morgan fingerprint density at radius 1 is 1.23 bits per heavy atom. The van der Waals surface area contributed by atoms with Gasteiger partial charge in [-0.25, -0.2) is 0 Å². The van der Waals surface area contributed by atoms with Crippen molar-refractivity contribution >= 4 is 41.1 Å². The van der Waals surface area contributed by atoms with Crippen molar-refractivity contribution in [1.29, 1.82) is 0 Å². The van der Waals surface area contributed by atoms with E-state index in [0.717, 1.165) is 11.8 Å². The van der Waals surface area contributed by atoms with Crippen LogP contribution in [0.1, 0.15) is 18.6 Å². The van der Waals surface area contributed by atoms with Crippen LogP contribution in [0.25, 0.3) is 0 Å². The Balaban J connectivity index is 1.56. The van der Waals surface area contributed by atoms with E-state index >= 15 is 0 Å². The Labute approximate surface area is 188 Å². The molecule has 0 spiro atoms. The first kappa shape index (κ1) is 21.3. The van der Waals surface area contributed by atoms with Crippen molar-refractivity contribution in [2.75, 3.05) is 0 Å². The van der Waals surface area contributed by atoms with Crippen LogP contribution >= 0.6 is 23.4 Å². The Morgan fingerprint density at radius 2 is 1.87 bits per heavy atom. The summed E-state index contributed by atoms with van der Waals surface area (Å²) in [5, 5.41) is 12.1. The third-order valence-electron chi connectivity index (χ3n) is 5.37. The van der Waals surface area contributed by atoms with Gasteiger partial charge < -0.3 is 15.2 Å². The molecule has 7 nitrogen and oxygen atoms in total. The van der Waals surface area contributed by atoms with Crippen molar-refractivity contribution in [3.8, 4) is 5.75 Å². The van der Waals surface area contributed by atoms with Crippen LogP contribution in [0.4, 0.5) is 0 Å². The number of benzene rings is 2. The number of thioether (sulfide) groups is 1. The van der Waals surface area contributed by atoms with Crippen molar-refractivity contribution in [2.45, 2.75) is 29.2 Å². The van der Waals surface area contributed by atoms with E-state index in [1.165, 1.54) is 11.8 Å². The molecule has 0 aliphatic carbocycles. The number of hydrogen-bond acceptors (Lipinski definition) is 5. The molecule has 31 heavy (non-hydrogen) atoms. The minimum atomic E-state index is -1.33. The maximum absolute atomic E-state index is 13.2. The molecule has 3 unspecified atom stereocenters. The van der Waals surface area contributed by atoms with E-state index in [1.807, 2.05) is 6.07 Å². The van der Waals surface area contributed by atoms with E-state index in [-0.39, 0.29) is 5.70 Å². The number of para-hydroxylation sites is 1. The van der Waals surface area contributed by atoms with Crippen molar-refractivity contribution in [1.82, 2.24) is 10.2 Å². The maximum Gasteiger partial charge on any atom is 0.325 e. The number of nitrogens with zero attached hydrogens (tertiary/aromatic N) is 1. The molecule has 2 N–H and O–H groups in total. The summed E-state index contributed by atoms with van der Waals surface area (Å²) < 4.78 is 4.60. The molecule has 0 bridgehead atoms. The van der Waals surface area contributed by atoms with Crippen LogP contribution in [0.2, 0.25) is 5.02 Å². The number of carboxylic acids is 1. The maximum atomic E-state index is 13.2. The second-order valence-corrected chi connectivity index (χ2v) is 9.27. The van der Waals surface area contributed by atoms with Crippen LogP contribution in [0.3, 0.4) is 0 Å². The zero-order chi connectivity index (χ0) is 22.3. The van der Waals surface area contributed by atoms with Gasteiger partial charge >= 0.3 is 5.97 Å². The number of carbonyl (C=O) groups is 3. The molecule has 2 aromatic carbocycles. The van der Waals surface area contributed by atoms with Gasteiger partial charge in [-0.2, -0.15) is 0 Å². The van der Waals surface area contributed by atoms with Crippen molar-refractivity contribution in [2.24, 2.45) is 0 Å². The monoisotopic (exact) mass is 458 g/mol. The van der Waals surface area contributed by atoms with Gasteiger partial charge in [0.05, 0.1) is 5.02 Å². The number of halogens is 1. The average Bonchev–Trinajstić information content (AvgIpc) is 3.00. The van der Waals surface area contributed by atoms with Gasteiger partial charge in [-0.1, -0.05) is 60.6 Å². The predicted octanol–water partition coefficient (Wildman–Crippen LogP) is 3.22. The van der Waals surface area contributed by atoms with Gasteiger partial charge in [-0.3, -0.25) is 19.3 Å². The highest BCUT2D eigenvalue weighted by Gasteiger charge is 2.63. The third kappa shape index (κ3) is 3.55. The molecule has 2 aromatic rings. The van der Waals surface area contributed by atoms with Crippen LogP contribution in [-0.4, -0.2) is 44.0 Å². The average molecular weight is 459 g/mol. The summed E-state index contributed by atoms with van der Waals surface area (Å²) >= 11 is 7.27. The smallest absolute Gasteiger partial charge is 0.325 e. The van der Waals surface area contributed by atoms with E-state index in [2.05, 4.69) is 11.9 Å². The summed E-state index contributed by atoms with van der Waals surface area (Å²) in [5.74, 6) is -1.68. The van der Waals surface area contributed by atoms with E-state index in [9.17, 15) is 19.5 Å². The van der Waals surface area contributed by atoms with Gasteiger partial charge in [-0.05, 0) is 19.1 Å². The molecular weight excluding hydrogens is 440 g/mol. The lowest BCUT2D eigenvalue weighted by atomic mass is 10.00. The summed E-state index contributed by atoms with van der Waals surface area (Å²) in [6, 6.07) is 14.8. The number of carbonyl (C=O) groups excluding carboxylic acids is 2. The number of aliphatic carboxylic acids is 1. The molecule has 4 rings (SSSR count). The van der Waals surface area contributed by atoms with Gasteiger partial charge in [-0.15, -0.1) is 11.8 Å². The molecule has 9 heteroatoms. The molecule has 0 radical (unpaired) electrons. The number of fused-ring (bicyclic) bond motifs is 1. The van der Waals surface area contributed by atoms with E-state index in [4.69, 9.17) is 16.3 Å². The van der Waals surface area contributed by atoms with Crippen molar-refractivity contribution < 1.29 is 24.2 Å². The number of β-lactam (4-membered cyclic amide) rings is 1. The van der Waals surface area contributed by atoms with E-state index in [1.54, 1.807) is 48.5 Å². The second kappa shape index (κ2) is 7.94. The molecule has 0 saturated carbocycles. The Morgan fingerprint density at radius 3 is 2.52 bits per heavy atom. The number of carboxylic acid groups (broad SMARTS) is 1. The number of rotatable bonds is 6. The zero-order valence-corrected chi connectivity index (χ0v) is 18.0. The highest BCUT2D eigenvalue weighted by atomic mass is 35.5. The van der Waals surface area contributed by atoms with Crippen LogP contribution in [-0.2, 0) is 14.4 Å². The summed E-state index contributed by atoms with van der Waals surface area (Å²) in [6.07, 6.45) is -1.05. The first-order valence-corrected chi connectivity index (χ1v) is 10.7. The number of hydrogen-bond donors (Lipinski definition) is 2. The normalized spacial score (nSPS) is 25.4. The minimum absolute atomic E-state index is 0.206. The summed E-state index contributed by atoms with van der Waals surface area (Å²) in [7, 11) is 0. The van der Waals surface area contributed by atoms with Gasteiger partial charge in [0.25, 0.3) is 11.8 Å². The Hall–Kier alpha value is -2.97. The molecular formula is C22H19ClN2O5S. The molecule has 2 fully saturated rings. The zero-order valence-electron chi connectivity index (χ0n) is 16.4. The lowest BCUT2D eigenvalue weighted by Gasteiger charge is -2.42. The first-order chi connectivity index (χ1) is 14.7. The predicted molar refractivity (Wildman–Crippen MR) is 117 cm³/mol. The molecule has 160 valence electrons. The van der Waals surface area contributed by atoms with Crippen molar-refractivity contribution in [3.63, 3.8) is 0 Å². The van der Waals surface area contributed by atoms with E-state index < -0.39 is 40.1 Å². The minimum Gasteiger partial charge on any atom is -0.480 e. The largest absolute Gasteiger partial charge is 0.480 e. The highest BCUT2D eigenvalue weighted by Crippen LogP contribution is 2.52. The Bertz CT molecular complexity index is 1080. The second-order valence-electron chi connectivity index (χ2n) is 7.33. The molecule has 2 aliphatic rings. The molecule has 4 atom stereocenters.